The van der Waals surface area contributed by atoms with Gasteiger partial charge in [0.25, 0.3) is 0 Å². The monoisotopic (exact) mass is 273 g/mol. The van der Waals surface area contributed by atoms with E-state index in [4.69, 9.17) is 9.57 Å². The second-order valence-corrected chi connectivity index (χ2v) is 4.10. The normalized spacial score (nSPS) is 11.1. The standard InChI is InChI=1S/C12H23N3O4/c1-5-7-8-10(16)19-15-11(13-9(3)4)14-12(17)18-6-2/h9H,5-8H2,1-4H3,(H2,13,14,15,17). The van der Waals surface area contributed by atoms with Crippen LogP contribution in [0.5, 0.6) is 0 Å². The molecule has 7 nitrogen and oxygen atoms in total. The van der Waals surface area contributed by atoms with Crippen molar-refractivity contribution < 1.29 is 19.2 Å². The molecule has 0 spiro atoms. The van der Waals surface area contributed by atoms with Crippen LogP contribution in [0.25, 0.3) is 0 Å². The highest BCUT2D eigenvalue weighted by molar-refractivity contribution is 5.94. The molecule has 0 aliphatic heterocycles. The SMILES string of the molecule is CCCCC(=O)ONC(=NC(C)C)NC(=O)OCC. The lowest BCUT2D eigenvalue weighted by molar-refractivity contribution is -0.148. The summed E-state index contributed by atoms with van der Waals surface area (Å²) in [6.45, 7) is 7.57. The summed E-state index contributed by atoms with van der Waals surface area (Å²) in [6.07, 6.45) is 1.32. The van der Waals surface area contributed by atoms with Gasteiger partial charge in [0.2, 0.25) is 5.96 Å². The van der Waals surface area contributed by atoms with E-state index in [1.807, 2.05) is 20.8 Å². The van der Waals surface area contributed by atoms with Crippen LogP contribution in [0.3, 0.4) is 0 Å². The van der Waals surface area contributed by atoms with Gasteiger partial charge in [0.15, 0.2) is 0 Å². The highest BCUT2D eigenvalue weighted by atomic mass is 16.7. The number of nitrogens with zero attached hydrogens (tertiary/aromatic N) is 1. The van der Waals surface area contributed by atoms with Crippen molar-refractivity contribution in [3.05, 3.63) is 0 Å². The topological polar surface area (TPSA) is 89.0 Å². The van der Waals surface area contributed by atoms with Gasteiger partial charge < -0.3 is 9.57 Å². The van der Waals surface area contributed by atoms with Crippen LogP contribution in [-0.4, -0.2) is 30.7 Å². The maximum Gasteiger partial charge on any atom is 0.414 e. The fourth-order valence-electron chi connectivity index (χ4n) is 1.08. The van der Waals surface area contributed by atoms with Crippen molar-refractivity contribution in [1.82, 2.24) is 10.8 Å². The number of amides is 1. The largest absolute Gasteiger partial charge is 0.450 e. The molecule has 1 amide bonds. The van der Waals surface area contributed by atoms with Gasteiger partial charge in [0, 0.05) is 12.5 Å². The first-order chi connectivity index (χ1) is 8.99. The molecule has 0 rings (SSSR count). The molecule has 0 bridgehead atoms. The van der Waals surface area contributed by atoms with E-state index >= 15 is 0 Å². The smallest absolute Gasteiger partial charge is 0.414 e. The van der Waals surface area contributed by atoms with E-state index in [1.165, 1.54) is 0 Å². The van der Waals surface area contributed by atoms with E-state index in [-0.39, 0.29) is 18.6 Å². The molecule has 110 valence electrons. The van der Waals surface area contributed by atoms with Crippen LogP contribution in [0.4, 0.5) is 4.79 Å². The summed E-state index contributed by atoms with van der Waals surface area (Å²) >= 11 is 0. The molecule has 7 heteroatoms. The van der Waals surface area contributed by atoms with E-state index in [0.717, 1.165) is 12.8 Å². The summed E-state index contributed by atoms with van der Waals surface area (Å²) in [5.74, 6) is -0.345. The van der Waals surface area contributed by atoms with Crippen molar-refractivity contribution in [2.75, 3.05) is 6.61 Å². The maximum atomic E-state index is 11.3. The molecule has 0 atom stereocenters. The molecule has 0 aliphatic carbocycles. The number of unbranched alkanes of at least 4 members (excludes halogenated alkanes) is 1. The zero-order valence-electron chi connectivity index (χ0n) is 12.0. The van der Waals surface area contributed by atoms with E-state index in [0.29, 0.717) is 6.42 Å². The van der Waals surface area contributed by atoms with Crippen molar-refractivity contribution in [2.24, 2.45) is 4.99 Å². The van der Waals surface area contributed by atoms with Gasteiger partial charge >= 0.3 is 12.1 Å². The molecule has 19 heavy (non-hydrogen) atoms. The Labute approximate surface area is 113 Å². The second kappa shape index (κ2) is 10.2. The number of rotatable bonds is 5. The zero-order valence-corrected chi connectivity index (χ0v) is 12.0. The zero-order chi connectivity index (χ0) is 14.7. The first-order valence-electron chi connectivity index (χ1n) is 6.46. The van der Waals surface area contributed by atoms with E-state index in [9.17, 15) is 9.59 Å². The Morgan fingerprint density at radius 1 is 1.26 bits per heavy atom. The minimum Gasteiger partial charge on any atom is -0.450 e. The van der Waals surface area contributed by atoms with Crippen LogP contribution < -0.4 is 10.8 Å². The van der Waals surface area contributed by atoms with Crippen LogP contribution in [0, 0.1) is 0 Å². The molecule has 0 aromatic carbocycles. The van der Waals surface area contributed by atoms with Crippen LogP contribution in [0.1, 0.15) is 47.0 Å². The Kier molecular flexibility index (Phi) is 9.20. The van der Waals surface area contributed by atoms with Gasteiger partial charge in [0.05, 0.1) is 6.61 Å². The molecule has 0 fully saturated rings. The minimum absolute atomic E-state index is 0.0540. The Bertz CT molecular complexity index is 316. The molecule has 0 aromatic rings. The molecule has 2 N–H and O–H groups in total. The molecule has 0 saturated carbocycles. The number of hydroxylamine groups is 1. The number of carbonyl (C=O) groups excluding carboxylic acids is 2. The number of carbonyl (C=O) groups is 2. The van der Waals surface area contributed by atoms with Crippen molar-refractivity contribution in [3.8, 4) is 0 Å². The van der Waals surface area contributed by atoms with Crippen LogP contribution in [-0.2, 0) is 14.4 Å². The second-order valence-electron chi connectivity index (χ2n) is 4.10. The van der Waals surface area contributed by atoms with Crippen molar-refractivity contribution >= 4 is 18.0 Å². The van der Waals surface area contributed by atoms with Gasteiger partial charge in [-0.3, -0.25) is 5.32 Å². The summed E-state index contributed by atoms with van der Waals surface area (Å²) in [4.78, 5) is 31.4. The Morgan fingerprint density at radius 3 is 2.47 bits per heavy atom. The number of ether oxygens (including phenoxy) is 1. The minimum atomic E-state index is -0.654. The lowest BCUT2D eigenvalue weighted by Gasteiger charge is -2.12. The van der Waals surface area contributed by atoms with Crippen LogP contribution in [0.2, 0.25) is 0 Å². The molecular weight excluding hydrogens is 250 g/mol. The molecule has 0 radical (unpaired) electrons. The van der Waals surface area contributed by atoms with Crippen molar-refractivity contribution in [3.63, 3.8) is 0 Å². The number of aliphatic imine (C=N–C) groups is 1. The van der Waals surface area contributed by atoms with Gasteiger partial charge in [0.1, 0.15) is 0 Å². The number of alkyl carbamates (subject to hydrolysis) is 1. The summed E-state index contributed by atoms with van der Waals surface area (Å²) in [5.41, 5.74) is 2.34. The lowest BCUT2D eigenvalue weighted by Crippen LogP contribution is -2.42. The predicted octanol–water partition coefficient (Wildman–Crippen LogP) is 1.73. The fraction of sp³-hybridized carbons (Fsp3) is 0.750. The number of hydrogen-bond acceptors (Lipinski definition) is 5. The number of nitrogens with one attached hydrogen (secondary N) is 2. The summed E-state index contributed by atoms with van der Waals surface area (Å²) in [6, 6.07) is -0.0706. The Hall–Kier alpha value is -1.79. The quantitative estimate of drug-likeness (QED) is 0.452. The Morgan fingerprint density at radius 2 is 1.95 bits per heavy atom. The first-order valence-corrected chi connectivity index (χ1v) is 6.46. The number of guanidine groups is 1. The van der Waals surface area contributed by atoms with Crippen molar-refractivity contribution in [1.29, 1.82) is 0 Å². The van der Waals surface area contributed by atoms with Crippen LogP contribution in [0.15, 0.2) is 4.99 Å². The molecule has 0 saturated heterocycles. The molecule has 0 heterocycles. The van der Waals surface area contributed by atoms with E-state index in [2.05, 4.69) is 15.8 Å². The summed E-state index contributed by atoms with van der Waals surface area (Å²) < 4.78 is 4.71. The Balaban J connectivity index is 4.29. The predicted molar refractivity (Wildman–Crippen MR) is 71.5 cm³/mol. The molecular formula is C12H23N3O4. The fourth-order valence-corrected chi connectivity index (χ4v) is 1.08. The number of hydrogen-bond donors (Lipinski definition) is 2. The average Bonchev–Trinajstić information content (AvgIpc) is 2.33. The van der Waals surface area contributed by atoms with Gasteiger partial charge in [-0.2, -0.15) is 5.48 Å². The third-order valence-corrected chi connectivity index (χ3v) is 1.88. The lowest BCUT2D eigenvalue weighted by atomic mass is 10.3. The van der Waals surface area contributed by atoms with Gasteiger partial charge in [-0.05, 0) is 27.2 Å². The van der Waals surface area contributed by atoms with Crippen molar-refractivity contribution in [2.45, 2.75) is 53.0 Å². The summed E-state index contributed by atoms with van der Waals surface area (Å²) in [7, 11) is 0. The first kappa shape index (κ1) is 17.2. The van der Waals surface area contributed by atoms with Gasteiger partial charge in [-0.25, -0.2) is 14.6 Å². The highest BCUT2D eigenvalue weighted by Crippen LogP contribution is 1.95. The van der Waals surface area contributed by atoms with E-state index in [1.54, 1.807) is 6.92 Å². The molecule has 0 aromatic heterocycles. The average molecular weight is 273 g/mol. The highest BCUT2D eigenvalue weighted by Gasteiger charge is 2.09. The molecule has 0 aliphatic rings. The van der Waals surface area contributed by atoms with Gasteiger partial charge in [-0.15, -0.1) is 0 Å². The third kappa shape index (κ3) is 9.87. The van der Waals surface area contributed by atoms with E-state index < -0.39 is 12.1 Å². The third-order valence-electron chi connectivity index (χ3n) is 1.88. The summed E-state index contributed by atoms with van der Waals surface area (Å²) in [5, 5.41) is 2.36. The van der Waals surface area contributed by atoms with Crippen LogP contribution >= 0.6 is 0 Å². The molecule has 0 unspecified atom stereocenters. The maximum absolute atomic E-state index is 11.3. The van der Waals surface area contributed by atoms with Gasteiger partial charge in [-0.1, -0.05) is 13.3 Å².